The zero-order valence-electron chi connectivity index (χ0n) is 34.9. The molecule has 0 aliphatic heterocycles. The lowest BCUT2D eigenvalue weighted by atomic mass is 9.68. The van der Waals surface area contributed by atoms with Crippen molar-refractivity contribution in [1.82, 2.24) is 4.98 Å². The monoisotopic (exact) mass is 820 g/mol. The summed E-state index contributed by atoms with van der Waals surface area (Å²) in [5.74, 6) is 0.561. The Hall–Kier alpha value is -8.21. The normalized spacial score (nSPS) is 13.6. The van der Waals surface area contributed by atoms with Crippen LogP contribution >= 0.6 is 0 Å². The van der Waals surface area contributed by atoms with Crippen LogP contribution in [0.5, 0.6) is 0 Å². The molecule has 9 aromatic carbocycles. The summed E-state index contributed by atoms with van der Waals surface area (Å²) >= 11 is 0. The molecule has 11 aromatic rings. The Morgan fingerprint density at radius 3 is 1.97 bits per heavy atom. The number of para-hydroxylation sites is 2. The molecule has 0 amide bonds. The van der Waals surface area contributed by atoms with Crippen molar-refractivity contribution in [2.45, 2.75) is 18.3 Å². The number of hydrogen-bond donors (Lipinski definition) is 0. The number of nitrogens with zero attached hydrogens (tertiary/aromatic N) is 2. The molecule has 0 fully saturated rings. The van der Waals surface area contributed by atoms with E-state index in [0.717, 1.165) is 68.5 Å². The van der Waals surface area contributed by atoms with Crippen molar-refractivity contribution in [2.75, 3.05) is 4.90 Å². The number of oxazole rings is 1. The van der Waals surface area contributed by atoms with Crippen molar-refractivity contribution in [3.05, 3.63) is 246 Å². The van der Waals surface area contributed by atoms with Gasteiger partial charge in [0, 0.05) is 33.8 Å². The molecule has 4 heteroatoms. The summed E-state index contributed by atoms with van der Waals surface area (Å²) in [5.41, 5.74) is 18.9. The van der Waals surface area contributed by atoms with E-state index in [-0.39, 0.29) is 0 Å². The Morgan fingerprint density at radius 2 is 1.19 bits per heavy atom. The maximum absolute atomic E-state index is 7.09. The Kier molecular flexibility index (Phi) is 8.22. The van der Waals surface area contributed by atoms with Gasteiger partial charge in [-0.25, -0.2) is 4.98 Å². The summed E-state index contributed by atoms with van der Waals surface area (Å²) < 4.78 is 13.5. The van der Waals surface area contributed by atoms with Crippen molar-refractivity contribution < 1.29 is 8.83 Å². The summed E-state index contributed by atoms with van der Waals surface area (Å²) in [7, 11) is 0. The molecule has 0 atom stereocenters. The molecule has 13 rings (SSSR count). The first-order chi connectivity index (χ1) is 31.7. The molecule has 0 bridgehead atoms. The average molecular weight is 821 g/mol. The van der Waals surface area contributed by atoms with Gasteiger partial charge in [0.1, 0.15) is 16.7 Å². The number of benzene rings is 9. The summed E-state index contributed by atoms with van der Waals surface area (Å²) in [6.45, 7) is 0. The van der Waals surface area contributed by atoms with Gasteiger partial charge in [-0.2, -0.15) is 0 Å². The van der Waals surface area contributed by atoms with Crippen molar-refractivity contribution in [3.8, 4) is 33.7 Å². The minimum Gasteiger partial charge on any atom is -0.455 e. The molecule has 64 heavy (non-hydrogen) atoms. The van der Waals surface area contributed by atoms with Crippen LogP contribution in [-0.4, -0.2) is 4.98 Å². The lowest BCUT2D eigenvalue weighted by Crippen LogP contribution is -2.28. The smallest absolute Gasteiger partial charge is 0.231 e. The third kappa shape index (κ3) is 5.45. The quantitative estimate of drug-likeness (QED) is 0.161. The molecule has 0 saturated heterocycles. The predicted octanol–water partition coefficient (Wildman–Crippen LogP) is 15.9. The minimum atomic E-state index is -0.537. The van der Waals surface area contributed by atoms with Gasteiger partial charge in [0.05, 0.1) is 16.7 Å². The number of fused-ring (bicyclic) bond motifs is 9. The third-order valence-electron chi connectivity index (χ3n) is 13.4. The van der Waals surface area contributed by atoms with Crippen molar-refractivity contribution >= 4 is 56.2 Å². The molecule has 0 N–H and O–H groups in total. The summed E-state index contributed by atoms with van der Waals surface area (Å²) in [6, 6.07) is 74.3. The minimum absolute atomic E-state index is 0.537. The van der Waals surface area contributed by atoms with Gasteiger partial charge in [-0.3, -0.25) is 0 Å². The van der Waals surface area contributed by atoms with Crippen LogP contribution in [0.1, 0.15) is 39.8 Å². The number of hydrogen-bond acceptors (Lipinski definition) is 4. The second-order valence-corrected chi connectivity index (χ2v) is 16.9. The maximum atomic E-state index is 7.09. The second-order valence-electron chi connectivity index (χ2n) is 16.9. The van der Waals surface area contributed by atoms with Gasteiger partial charge < -0.3 is 13.7 Å². The SMILES string of the molecule is C1=Cc2cc(-c3nc4ccccc4o3)c3oc4cc(N(c5ccc(-c6ccccc6)cc5)c5cccc6c5-c5ccccc5C6(c5ccccc5)c5ccccc5)ccc4c3c2CC1. The molecule has 0 unspecified atom stereocenters. The first-order valence-corrected chi connectivity index (χ1v) is 22.1. The molecular formula is C60H40N2O2. The maximum Gasteiger partial charge on any atom is 0.231 e. The Labute approximate surface area is 371 Å². The van der Waals surface area contributed by atoms with E-state index >= 15 is 0 Å². The molecule has 2 aliphatic rings. The highest BCUT2D eigenvalue weighted by molar-refractivity contribution is 6.13. The number of aryl methyl sites for hydroxylation is 1. The fraction of sp³-hybridized carbons (Fsp3) is 0.0500. The highest BCUT2D eigenvalue weighted by Gasteiger charge is 2.47. The lowest BCUT2D eigenvalue weighted by Gasteiger charge is -2.34. The van der Waals surface area contributed by atoms with Crippen LogP contribution in [-0.2, 0) is 11.8 Å². The largest absolute Gasteiger partial charge is 0.455 e. The number of aromatic nitrogens is 1. The Balaban J connectivity index is 1.07. The highest BCUT2D eigenvalue weighted by atomic mass is 16.4. The van der Waals surface area contributed by atoms with Crippen LogP contribution in [0, 0.1) is 0 Å². The molecular weight excluding hydrogens is 781 g/mol. The average Bonchev–Trinajstić information content (AvgIpc) is 4.06. The fourth-order valence-electron chi connectivity index (χ4n) is 10.7. The van der Waals surface area contributed by atoms with Gasteiger partial charge >= 0.3 is 0 Å². The van der Waals surface area contributed by atoms with E-state index in [4.69, 9.17) is 13.8 Å². The number of allylic oxidation sites excluding steroid dienone is 1. The van der Waals surface area contributed by atoms with E-state index in [9.17, 15) is 0 Å². The van der Waals surface area contributed by atoms with E-state index < -0.39 is 5.41 Å². The van der Waals surface area contributed by atoms with Crippen LogP contribution in [0.25, 0.3) is 72.8 Å². The topological polar surface area (TPSA) is 42.4 Å². The van der Waals surface area contributed by atoms with Gasteiger partial charge in [0.15, 0.2) is 5.58 Å². The van der Waals surface area contributed by atoms with E-state index in [1.165, 1.54) is 55.6 Å². The predicted molar refractivity (Wildman–Crippen MR) is 262 cm³/mol. The Bertz CT molecular complexity index is 3530. The molecule has 0 spiro atoms. The molecule has 0 saturated carbocycles. The van der Waals surface area contributed by atoms with Gasteiger partial charge in [-0.15, -0.1) is 0 Å². The van der Waals surface area contributed by atoms with Crippen molar-refractivity contribution in [1.29, 1.82) is 0 Å². The molecule has 0 radical (unpaired) electrons. The van der Waals surface area contributed by atoms with Crippen LogP contribution in [0.15, 0.2) is 221 Å². The molecule has 2 aromatic heterocycles. The van der Waals surface area contributed by atoms with Gasteiger partial charge in [0.25, 0.3) is 0 Å². The first kappa shape index (κ1) is 36.4. The number of rotatable bonds is 7. The van der Waals surface area contributed by atoms with E-state index in [1.54, 1.807) is 0 Å². The lowest BCUT2D eigenvalue weighted by molar-refractivity contribution is 0.615. The third-order valence-corrected chi connectivity index (χ3v) is 13.4. The van der Waals surface area contributed by atoms with Crippen LogP contribution in [0.2, 0.25) is 0 Å². The van der Waals surface area contributed by atoms with Crippen molar-refractivity contribution in [3.63, 3.8) is 0 Å². The first-order valence-electron chi connectivity index (χ1n) is 22.1. The van der Waals surface area contributed by atoms with Crippen molar-refractivity contribution in [2.24, 2.45) is 0 Å². The van der Waals surface area contributed by atoms with Crippen LogP contribution in [0.3, 0.4) is 0 Å². The number of furan rings is 1. The molecule has 2 heterocycles. The van der Waals surface area contributed by atoms with Gasteiger partial charge in [-0.1, -0.05) is 164 Å². The fourth-order valence-corrected chi connectivity index (χ4v) is 10.7. The summed E-state index contributed by atoms with van der Waals surface area (Å²) in [4.78, 5) is 7.37. The Morgan fingerprint density at radius 1 is 0.516 bits per heavy atom. The van der Waals surface area contributed by atoms with E-state index in [0.29, 0.717) is 5.89 Å². The zero-order chi connectivity index (χ0) is 42.2. The van der Waals surface area contributed by atoms with Gasteiger partial charge in [-0.05, 0) is 111 Å². The zero-order valence-corrected chi connectivity index (χ0v) is 34.9. The molecule has 2 aliphatic carbocycles. The van der Waals surface area contributed by atoms with Crippen LogP contribution < -0.4 is 4.90 Å². The van der Waals surface area contributed by atoms with Crippen LogP contribution in [0.4, 0.5) is 17.1 Å². The van der Waals surface area contributed by atoms with Gasteiger partial charge in [0.2, 0.25) is 5.89 Å². The van der Waals surface area contributed by atoms with E-state index in [1.807, 2.05) is 24.3 Å². The summed E-state index contributed by atoms with van der Waals surface area (Å²) in [5, 5.41) is 2.21. The molecule has 302 valence electrons. The number of anilines is 3. The molecule has 4 nitrogen and oxygen atoms in total. The standard InChI is InChI=1S/C60H40N2O2/c1-4-17-39(18-5-1)40-31-33-44(34-32-40)62(53-29-16-27-51-57(53)47-25-12-13-26-50(47)60(51,42-20-6-2-7-21-42)43-22-8-3-9-23-43)45-35-36-48-55(38-45)63-58-49(37-41-19-10-11-24-46(41)56(48)58)59-61-52-28-14-15-30-54(52)64-59/h1-10,12-23,25-38H,11,24H2. The summed E-state index contributed by atoms with van der Waals surface area (Å²) in [6.07, 6.45) is 6.41. The highest BCUT2D eigenvalue weighted by Crippen LogP contribution is 2.59. The second kappa shape index (κ2) is 14.4. The van der Waals surface area contributed by atoms with E-state index in [2.05, 4.69) is 199 Å².